The maximum atomic E-state index is 10.3. The first-order valence-corrected chi connectivity index (χ1v) is 4.10. The molecule has 0 unspecified atom stereocenters. The summed E-state index contributed by atoms with van der Waals surface area (Å²) in [5.41, 5.74) is 0. The van der Waals surface area contributed by atoms with E-state index in [1.165, 1.54) is 14.2 Å². The molecular formula is C8H16O6. The van der Waals surface area contributed by atoms with Crippen LogP contribution in [0.15, 0.2) is 0 Å². The van der Waals surface area contributed by atoms with Gasteiger partial charge in [0.15, 0.2) is 6.29 Å². The molecule has 0 rings (SSSR count). The van der Waals surface area contributed by atoms with Crippen molar-refractivity contribution in [2.75, 3.05) is 20.8 Å². The lowest BCUT2D eigenvalue weighted by Gasteiger charge is -2.28. The van der Waals surface area contributed by atoms with Gasteiger partial charge in [-0.3, -0.25) is 0 Å². The zero-order valence-electron chi connectivity index (χ0n) is 8.16. The number of hydrogen-bond donors (Lipinski definition) is 3. The van der Waals surface area contributed by atoms with Crippen LogP contribution in [-0.2, 0) is 14.3 Å². The van der Waals surface area contributed by atoms with Gasteiger partial charge in [0, 0.05) is 14.2 Å². The third-order valence-corrected chi connectivity index (χ3v) is 1.91. The Morgan fingerprint density at radius 1 is 1.21 bits per heavy atom. The lowest BCUT2D eigenvalue weighted by Crippen LogP contribution is -2.48. The molecule has 84 valence electrons. The summed E-state index contributed by atoms with van der Waals surface area (Å²) in [5, 5.41) is 27.2. The van der Waals surface area contributed by atoms with Crippen LogP contribution in [0.1, 0.15) is 0 Å². The smallest absolute Gasteiger partial charge is 0.151 e. The molecule has 0 aliphatic heterocycles. The van der Waals surface area contributed by atoms with Crippen LogP contribution in [0, 0.1) is 0 Å². The first-order chi connectivity index (χ1) is 6.62. The van der Waals surface area contributed by atoms with Crippen LogP contribution in [0.3, 0.4) is 0 Å². The Morgan fingerprint density at radius 3 is 2.00 bits per heavy atom. The van der Waals surface area contributed by atoms with Crippen LogP contribution in [0.25, 0.3) is 0 Å². The van der Waals surface area contributed by atoms with Gasteiger partial charge >= 0.3 is 0 Å². The van der Waals surface area contributed by atoms with Crippen molar-refractivity contribution in [1.82, 2.24) is 0 Å². The van der Waals surface area contributed by atoms with Gasteiger partial charge in [0.1, 0.15) is 24.4 Å². The zero-order chi connectivity index (χ0) is 11.1. The van der Waals surface area contributed by atoms with Crippen molar-refractivity contribution in [3.8, 4) is 0 Å². The molecule has 0 radical (unpaired) electrons. The maximum Gasteiger partial charge on any atom is 0.151 e. The summed E-state index contributed by atoms with van der Waals surface area (Å²) in [7, 11) is 2.56. The predicted octanol–water partition coefficient (Wildman–Crippen LogP) is -2.07. The SMILES string of the molecule is CO[C@H]([C@H](OC)[C@@H](O)C=O)[C@H](O)CO. The van der Waals surface area contributed by atoms with E-state index in [9.17, 15) is 15.0 Å². The van der Waals surface area contributed by atoms with E-state index in [-0.39, 0.29) is 6.29 Å². The van der Waals surface area contributed by atoms with E-state index in [4.69, 9.17) is 14.6 Å². The molecule has 6 heteroatoms. The molecule has 0 aromatic rings. The van der Waals surface area contributed by atoms with Gasteiger partial charge in [-0.1, -0.05) is 0 Å². The second-order valence-corrected chi connectivity index (χ2v) is 2.78. The molecule has 0 amide bonds. The molecule has 0 bridgehead atoms. The monoisotopic (exact) mass is 208 g/mol. The Bertz CT molecular complexity index is 162. The maximum absolute atomic E-state index is 10.3. The quantitative estimate of drug-likeness (QED) is 0.416. The normalized spacial score (nSPS) is 19.8. The first-order valence-electron chi connectivity index (χ1n) is 4.10. The Hall–Kier alpha value is -0.530. The fourth-order valence-electron chi connectivity index (χ4n) is 1.16. The highest BCUT2D eigenvalue weighted by molar-refractivity contribution is 5.56. The number of aliphatic hydroxyl groups is 3. The van der Waals surface area contributed by atoms with Gasteiger partial charge in [0.2, 0.25) is 0 Å². The lowest BCUT2D eigenvalue weighted by atomic mass is 10.0. The van der Waals surface area contributed by atoms with Crippen molar-refractivity contribution in [1.29, 1.82) is 0 Å². The van der Waals surface area contributed by atoms with Crippen molar-refractivity contribution in [2.24, 2.45) is 0 Å². The molecule has 0 spiro atoms. The van der Waals surface area contributed by atoms with Crippen LogP contribution >= 0.6 is 0 Å². The number of rotatable bonds is 7. The minimum atomic E-state index is -1.40. The van der Waals surface area contributed by atoms with Gasteiger partial charge in [-0.15, -0.1) is 0 Å². The third-order valence-electron chi connectivity index (χ3n) is 1.91. The van der Waals surface area contributed by atoms with Gasteiger partial charge in [-0.05, 0) is 0 Å². The fourth-order valence-corrected chi connectivity index (χ4v) is 1.16. The molecule has 0 aliphatic rings. The average molecular weight is 208 g/mol. The minimum Gasteiger partial charge on any atom is -0.394 e. The van der Waals surface area contributed by atoms with Crippen molar-refractivity contribution >= 4 is 6.29 Å². The number of carbonyl (C=O) groups is 1. The molecule has 4 atom stereocenters. The number of ether oxygens (including phenoxy) is 2. The van der Waals surface area contributed by atoms with E-state index in [0.29, 0.717) is 0 Å². The average Bonchev–Trinajstić information content (AvgIpc) is 2.23. The third kappa shape index (κ3) is 3.32. The Morgan fingerprint density at radius 2 is 1.71 bits per heavy atom. The summed E-state index contributed by atoms with van der Waals surface area (Å²) in [6.07, 6.45) is -4.28. The second kappa shape index (κ2) is 6.86. The highest BCUT2D eigenvalue weighted by Crippen LogP contribution is 2.10. The molecular weight excluding hydrogens is 192 g/mol. The van der Waals surface area contributed by atoms with Gasteiger partial charge in [-0.25, -0.2) is 0 Å². The summed E-state index contributed by atoms with van der Waals surface area (Å²) in [6.45, 7) is -0.538. The van der Waals surface area contributed by atoms with E-state index in [0.717, 1.165) is 0 Å². The van der Waals surface area contributed by atoms with Gasteiger partial charge < -0.3 is 29.6 Å². The van der Waals surface area contributed by atoms with E-state index < -0.39 is 31.0 Å². The molecule has 6 nitrogen and oxygen atoms in total. The zero-order valence-corrected chi connectivity index (χ0v) is 8.16. The van der Waals surface area contributed by atoms with E-state index in [1.807, 2.05) is 0 Å². The Labute approximate surface area is 82.1 Å². The molecule has 0 aliphatic carbocycles. The van der Waals surface area contributed by atoms with Gasteiger partial charge in [-0.2, -0.15) is 0 Å². The summed E-state index contributed by atoms with van der Waals surface area (Å²) in [4.78, 5) is 10.3. The van der Waals surface area contributed by atoms with E-state index in [1.54, 1.807) is 0 Å². The van der Waals surface area contributed by atoms with Crippen LogP contribution in [0.4, 0.5) is 0 Å². The second-order valence-electron chi connectivity index (χ2n) is 2.78. The molecule has 14 heavy (non-hydrogen) atoms. The number of methoxy groups -OCH3 is 2. The van der Waals surface area contributed by atoms with Crippen LogP contribution < -0.4 is 0 Å². The number of aldehydes is 1. The van der Waals surface area contributed by atoms with Crippen LogP contribution in [-0.4, -0.2) is 66.8 Å². The van der Waals surface area contributed by atoms with E-state index >= 15 is 0 Å². The summed E-state index contributed by atoms with van der Waals surface area (Å²) < 4.78 is 9.63. The molecule has 0 saturated carbocycles. The van der Waals surface area contributed by atoms with Crippen molar-refractivity contribution < 1.29 is 29.6 Å². The molecule has 0 aromatic carbocycles. The summed E-state index contributed by atoms with van der Waals surface area (Å²) >= 11 is 0. The van der Waals surface area contributed by atoms with Crippen LogP contribution in [0.5, 0.6) is 0 Å². The number of aliphatic hydroxyl groups excluding tert-OH is 3. The molecule has 0 saturated heterocycles. The highest BCUT2D eigenvalue weighted by atomic mass is 16.5. The molecule has 3 N–H and O–H groups in total. The number of carbonyl (C=O) groups excluding carboxylic acids is 1. The fraction of sp³-hybridized carbons (Fsp3) is 0.875. The molecule has 0 heterocycles. The van der Waals surface area contributed by atoms with Gasteiger partial charge in [0.25, 0.3) is 0 Å². The standard InChI is InChI=1S/C8H16O6/c1-13-7(5(11)3-9)8(14-2)6(12)4-10/h3,5-8,10-12H,4H2,1-2H3/t5-,6+,7+,8-/m0/s1. The molecule has 0 fully saturated rings. The van der Waals surface area contributed by atoms with Crippen LogP contribution in [0.2, 0.25) is 0 Å². The summed E-state index contributed by atoms with van der Waals surface area (Å²) in [5.74, 6) is 0. The van der Waals surface area contributed by atoms with Crippen molar-refractivity contribution in [3.63, 3.8) is 0 Å². The topological polar surface area (TPSA) is 96.2 Å². The lowest BCUT2D eigenvalue weighted by molar-refractivity contribution is -0.150. The molecule has 0 aromatic heterocycles. The highest BCUT2D eigenvalue weighted by Gasteiger charge is 2.33. The largest absolute Gasteiger partial charge is 0.394 e. The van der Waals surface area contributed by atoms with Crippen molar-refractivity contribution in [3.05, 3.63) is 0 Å². The number of hydrogen-bond acceptors (Lipinski definition) is 6. The Kier molecular flexibility index (Phi) is 6.60. The predicted molar refractivity (Wildman–Crippen MR) is 46.8 cm³/mol. The summed E-state index contributed by atoms with van der Waals surface area (Å²) in [6, 6.07) is 0. The Balaban J connectivity index is 4.51. The minimum absolute atomic E-state index is 0.282. The van der Waals surface area contributed by atoms with E-state index in [2.05, 4.69) is 0 Å². The van der Waals surface area contributed by atoms with Gasteiger partial charge in [0.05, 0.1) is 6.61 Å². The van der Waals surface area contributed by atoms with Crippen molar-refractivity contribution in [2.45, 2.75) is 24.4 Å². The first kappa shape index (κ1) is 13.5.